The Morgan fingerprint density at radius 2 is 1.75 bits per heavy atom. The van der Waals surface area contributed by atoms with Gasteiger partial charge in [-0.05, 0) is 35.9 Å². The Bertz CT molecular complexity index is 1380. The quantitative estimate of drug-likeness (QED) is 0.411. The van der Waals surface area contributed by atoms with E-state index in [1.807, 2.05) is 0 Å². The van der Waals surface area contributed by atoms with Crippen molar-refractivity contribution in [3.05, 3.63) is 88.4 Å². The number of methoxy groups -OCH3 is 1. The summed E-state index contributed by atoms with van der Waals surface area (Å²) < 4.78 is 38.9. The Kier molecular flexibility index (Phi) is 7.85. The van der Waals surface area contributed by atoms with Crippen LogP contribution in [0.25, 0.3) is 0 Å². The number of halogens is 2. The van der Waals surface area contributed by atoms with Crippen LogP contribution < -0.4 is 9.64 Å². The Morgan fingerprint density at radius 3 is 2.47 bits per heavy atom. The van der Waals surface area contributed by atoms with Gasteiger partial charge in [0.25, 0.3) is 0 Å². The molecule has 36 heavy (non-hydrogen) atoms. The Labute approximate surface area is 219 Å². The van der Waals surface area contributed by atoms with Crippen molar-refractivity contribution in [2.24, 2.45) is 0 Å². The second-order valence-electron chi connectivity index (χ2n) is 7.94. The highest BCUT2D eigenvalue weighted by Crippen LogP contribution is 2.34. The number of hydrogen-bond acceptors (Lipinski definition) is 6. The number of carbonyl (C=O) groups excluding carboxylic acids is 2. The molecule has 0 spiro atoms. The minimum Gasteiger partial charge on any atom is -0.475 e. The minimum absolute atomic E-state index is 0.0209. The van der Waals surface area contributed by atoms with Crippen molar-refractivity contribution in [3.63, 3.8) is 0 Å². The third-order valence-corrected chi connectivity index (χ3v) is 8.07. The molecule has 1 heterocycles. The van der Waals surface area contributed by atoms with Crippen LogP contribution in [-0.4, -0.2) is 50.9 Å². The summed E-state index contributed by atoms with van der Waals surface area (Å²) in [5, 5.41) is 0.166. The third kappa shape index (κ3) is 5.49. The minimum atomic E-state index is -4.25. The molecule has 1 atom stereocenters. The van der Waals surface area contributed by atoms with E-state index in [2.05, 4.69) is 0 Å². The summed E-state index contributed by atoms with van der Waals surface area (Å²) in [6, 6.07) is 19.7. The summed E-state index contributed by atoms with van der Waals surface area (Å²) >= 11 is 12.3. The van der Waals surface area contributed by atoms with Gasteiger partial charge in [0.1, 0.15) is 10.6 Å². The van der Waals surface area contributed by atoms with Crippen molar-refractivity contribution in [1.82, 2.24) is 4.31 Å². The van der Waals surface area contributed by atoms with Crippen LogP contribution in [0.2, 0.25) is 10.0 Å². The molecular weight excluding hydrogens is 527 g/mol. The maximum Gasteiger partial charge on any atom is 0.348 e. The van der Waals surface area contributed by atoms with E-state index in [1.54, 1.807) is 54.6 Å². The highest BCUT2D eigenvalue weighted by molar-refractivity contribution is 7.89. The normalized spacial score (nSPS) is 15.2. The Balaban J connectivity index is 1.71. The van der Waals surface area contributed by atoms with E-state index in [0.29, 0.717) is 17.0 Å². The zero-order valence-electron chi connectivity index (χ0n) is 19.1. The van der Waals surface area contributed by atoms with Crippen molar-refractivity contribution in [1.29, 1.82) is 0 Å². The fourth-order valence-corrected chi connectivity index (χ4v) is 5.90. The van der Waals surface area contributed by atoms with Gasteiger partial charge in [0.15, 0.2) is 0 Å². The lowest BCUT2D eigenvalue weighted by Gasteiger charge is -2.34. The SMILES string of the molecule is COC(=O)[C@H]1CN(C(=O)CN(Cc2ccccc2)S(=O)(=O)c2cc(Cl)ccc2Cl)c2ccccc2O1. The number of hydrogen-bond donors (Lipinski definition) is 0. The van der Waals surface area contributed by atoms with Crippen molar-refractivity contribution in [3.8, 4) is 5.75 Å². The van der Waals surface area contributed by atoms with E-state index in [4.69, 9.17) is 32.7 Å². The van der Waals surface area contributed by atoms with Crippen LogP contribution in [0.4, 0.5) is 5.69 Å². The molecule has 0 aliphatic carbocycles. The molecule has 1 aliphatic heterocycles. The number of sulfonamides is 1. The van der Waals surface area contributed by atoms with Crippen LogP contribution >= 0.6 is 23.2 Å². The van der Waals surface area contributed by atoms with E-state index in [-0.39, 0.29) is 28.0 Å². The molecule has 1 amide bonds. The van der Waals surface area contributed by atoms with Gasteiger partial charge in [0, 0.05) is 11.6 Å². The molecule has 0 unspecified atom stereocenters. The zero-order valence-corrected chi connectivity index (χ0v) is 21.5. The van der Waals surface area contributed by atoms with E-state index in [0.717, 1.165) is 4.31 Å². The number of amides is 1. The summed E-state index contributed by atoms with van der Waals surface area (Å²) in [5.41, 5.74) is 1.09. The number of benzene rings is 3. The average molecular weight is 549 g/mol. The standard InChI is InChI=1S/C25H22Cl2N2O6S/c1-34-25(31)22-15-29(20-9-5-6-10-21(20)35-22)24(30)16-28(14-17-7-3-2-4-8-17)36(32,33)23-13-18(26)11-12-19(23)27/h2-13,22H,14-16H2,1H3/t22-/m1/s1. The van der Waals surface area contributed by atoms with E-state index in [9.17, 15) is 18.0 Å². The van der Waals surface area contributed by atoms with Crippen LogP contribution in [0.3, 0.4) is 0 Å². The lowest BCUT2D eigenvalue weighted by molar-refractivity contribution is -0.148. The smallest absolute Gasteiger partial charge is 0.348 e. The first-order chi connectivity index (χ1) is 17.2. The lowest BCUT2D eigenvalue weighted by Crippen LogP contribution is -2.50. The van der Waals surface area contributed by atoms with Gasteiger partial charge in [-0.3, -0.25) is 4.79 Å². The highest BCUT2D eigenvalue weighted by atomic mass is 35.5. The highest BCUT2D eigenvalue weighted by Gasteiger charge is 2.37. The third-order valence-electron chi connectivity index (χ3n) is 5.56. The maximum atomic E-state index is 13.7. The topological polar surface area (TPSA) is 93.2 Å². The summed E-state index contributed by atoms with van der Waals surface area (Å²) in [6.45, 7) is -0.758. The van der Waals surface area contributed by atoms with E-state index < -0.39 is 34.5 Å². The molecule has 11 heteroatoms. The van der Waals surface area contributed by atoms with Gasteiger partial charge in [0.05, 0.1) is 30.9 Å². The number of ether oxygens (including phenoxy) is 2. The number of rotatable bonds is 7. The summed E-state index contributed by atoms with van der Waals surface area (Å²) in [4.78, 5) is 26.9. The lowest BCUT2D eigenvalue weighted by atomic mass is 10.2. The van der Waals surface area contributed by atoms with Crippen molar-refractivity contribution in [2.75, 3.05) is 25.1 Å². The fraction of sp³-hybridized carbons (Fsp3) is 0.200. The van der Waals surface area contributed by atoms with Crippen LogP contribution in [0.1, 0.15) is 5.56 Å². The predicted molar refractivity (Wildman–Crippen MR) is 136 cm³/mol. The molecule has 0 bridgehead atoms. The molecule has 8 nitrogen and oxygen atoms in total. The van der Waals surface area contributed by atoms with Crippen LogP contribution in [0.5, 0.6) is 5.75 Å². The molecule has 0 saturated carbocycles. The maximum absolute atomic E-state index is 13.7. The van der Waals surface area contributed by atoms with Crippen molar-refractivity contribution >= 4 is 50.8 Å². The van der Waals surface area contributed by atoms with E-state index in [1.165, 1.54) is 30.2 Å². The second kappa shape index (κ2) is 10.9. The van der Waals surface area contributed by atoms with Gasteiger partial charge < -0.3 is 14.4 Å². The van der Waals surface area contributed by atoms with Gasteiger partial charge in [-0.25, -0.2) is 13.2 Å². The van der Waals surface area contributed by atoms with Crippen molar-refractivity contribution in [2.45, 2.75) is 17.5 Å². The number of carbonyl (C=O) groups is 2. The molecule has 0 saturated heterocycles. The first-order valence-electron chi connectivity index (χ1n) is 10.8. The molecule has 0 fully saturated rings. The molecule has 188 valence electrons. The number of esters is 1. The number of para-hydroxylation sites is 2. The Morgan fingerprint density at radius 1 is 1.06 bits per heavy atom. The molecule has 3 aromatic carbocycles. The van der Waals surface area contributed by atoms with Crippen LogP contribution in [0.15, 0.2) is 77.7 Å². The van der Waals surface area contributed by atoms with Crippen molar-refractivity contribution < 1.29 is 27.5 Å². The predicted octanol–water partition coefficient (Wildman–Crippen LogP) is 4.15. The monoisotopic (exact) mass is 548 g/mol. The van der Waals surface area contributed by atoms with Crippen LogP contribution in [-0.2, 0) is 30.9 Å². The molecule has 0 N–H and O–H groups in total. The average Bonchev–Trinajstić information content (AvgIpc) is 2.89. The Hall–Kier alpha value is -3.11. The zero-order chi connectivity index (χ0) is 25.9. The molecule has 1 aliphatic rings. The largest absolute Gasteiger partial charge is 0.475 e. The first-order valence-corrected chi connectivity index (χ1v) is 13.0. The van der Waals surface area contributed by atoms with Crippen LogP contribution in [0, 0.1) is 0 Å². The first kappa shape index (κ1) is 26.0. The van der Waals surface area contributed by atoms with Gasteiger partial charge in [0.2, 0.25) is 22.0 Å². The summed E-state index contributed by atoms with van der Waals surface area (Å²) in [6.07, 6.45) is -1.06. The van der Waals surface area contributed by atoms with Gasteiger partial charge in [-0.2, -0.15) is 4.31 Å². The number of nitrogens with zero attached hydrogens (tertiary/aromatic N) is 2. The molecule has 4 rings (SSSR count). The number of anilines is 1. The second-order valence-corrected chi connectivity index (χ2v) is 10.7. The summed E-state index contributed by atoms with van der Waals surface area (Å²) in [7, 11) is -3.03. The molecule has 0 radical (unpaired) electrons. The molecule has 3 aromatic rings. The summed E-state index contributed by atoms with van der Waals surface area (Å²) in [5.74, 6) is -0.901. The van der Waals surface area contributed by atoms with Gasteiger partial charge >= 0.3 is 5.97 Å². The number of fused-ring (bicyclic) bond motifs is 1. The van der Waals surface area contributed by atoms with E-state index >= 15 is 0 Å². The molecular formula is C25H22Cl2N2O6S. The van der Waals surface area contributed by atoms with Gasteiger partial charge in [-0.1, -0.05) is 65.7 Å². The molecule has 0 aromatic heterocycles. The van der Waals surface area contributed by atoms with Gasteiger partial charge in [-0.15, -0.1) is 0 Å². The fourth-order valence-electron chi connectivity index (χ4n) is 3.79.